The average Bonchev–Trinajstić information content (AvgIpc) is 2.45. The zero-order chi connectivity index (χ0) is 13.7. The van der Waals surface area contributed by atoms with Crippen molar-refractivity contribution in [1.82, 2.24) is 10.3 Å². The predicted octanol–water partition coefficient (Wildman–Crippen LogP) is 1.60. The fraction of sp³-hybridized carbons (Fsp3) is 0.143. The second kappa shape index (κ2) is 5.86. The van der Waals surface area contributed by atoms with Gasteiger partial charge in [-0.3, -0.25) is 4.79 Å². The molecule has 0 aliphatic carbocycles. The minimum Gasteiger partial charge on any atom is -0.497 e. The van der Waals surface area contributed by atoms with Gasteiger partial charge < -0.3 is 15.8 Å². The van der Waals surface area contributed by atoms with Crippen LogP contribution in [-0.4, -0.2) is 18.0 Å². The van der Waals surface area contributed by atoms with E-state index in [1.807, 2.05) is 24.3 Å². The van der Waals surface area contributed by atoms with E-state index in [4.69, 9.17) is 10.5 Å². The van der Waals surface area contributed by atoms with E-state index < -0.39 is 0 Å². The number of hydrogen-bond donors (Lipinski definition) is 2. The van der Waals surface area contributed by atoms with Crippen LogP contribution in [0.2, 0.25) is 0 Å². The number of carbonyl (C=O) groups is 1. The number of nitrogens with one attached hydrogen (secondary N) is 1. The topological polar surface area (TPSA) is 77.2 Å². The first-order valence-corrected chi connectivity index (χ1v) is 5.81. The van der Waals surface area contributed by atoms with Crippen molar-refractivity contribution in [2.45, 2.75) is 6.54 Å². The highest BCUT2D eigenvalue weighted by Gasteiger charge is 2.06. The number of amides is 1. The molecular formula is C14H15N3O2. The van der Waals surface area contributed by atoms with Gasteiger partial charge in [-0.2, -0.15) is 0 Å². The molecule has 0 atom stereocenters. The second-order valence-electron chi connectivity index (χ2n) is 4.00. The van der Waals surface area contributed by atoms with Crippen LogP contribution >= 0.6 is 0 Å². The number of methoxy groups -OCH3 is 1. The Kier molecular flexibility index (Phi) is 3.97. The fourth-order valence-corrected chi connectivity index (χ4v) is 1.66. The third-order valence-corrected chi connectivity index (χ3v) is 2.63. The first kappa shape index (κ1) is 12.9. The van der Waals surface area contributed by atoms with Crippen LogP contribution in [0.15, 0.2) is 42.6 Å². The summed E-state index contributed by atoms with van der Waals surface area (Å²) >= 11 is 0. The maximum atomic E-state index is 11.9. The van der Waals surface area contributed by atoms with Crippen LogP contribution in [0.5, 0.6) is 5.75 Å². The van der Waals surface area contributed by atoms with Crippen LogP contribution in [0.3, 0.4) is 0 Å². The number of pyridine rings is 1. The highest BCUT2D eigenvalue weighted by atomic mass is 16.5. The largest absolute Gasteiger partial charge is 0.497 e. The Hall–Kier alpha value is -2.56. The molecule has 0 bridgehead atoms. The summed E-state index contributed by atoms with van der Waals surface area (Å²) in [6.07, 6.45) is 1.51. The maximum Gasteiger partial charge on any atom is 0.251 e. The van der Waals surface area contributed by atoms with Crippen molar-refractivity contribution in [1.29, 1.82) is 0 Å². The standard InChI is InChI=1S/C14H15N3O2/c1-19-12-4-2-3-10(7-12)9-17-14(18)11-5-6-16-13(15)8-11/h2-8H,9H2,1H3,(H2,15,16)(H,17,18). The fourth-order valence-electron chi connectivity index (χ4n) is 1.66. The number of nitrogen functional groups attached to an aromatic ring is 1. The molecule has 0 spiro atoms. The summed E-state index contributed by atoms with van der Waals surface area (Å²) in [5.74, 6) is 0.908. The van der Waals surface area contributed by atoms with Crippen molar-refractivity contribution < 1.29 is 9.53 Å². The molecule has 1 amide bonds. The van der Waals surface area contributed by atoms with Gasteiger partial charge in [-0.15, -0.1) is 0 Å². The van der Waals surface area contributed by atoms with E-state index in [1.165, 1.54) is 6.20 Å². The molecule has 0 radical (unpaired) electrons. The molecule has 1 heterocycles. The quantitative estimate of drug-likeness (QED) is 0.872. The lowest BCUT2D eigenvalue weighted by Gasteiger charge is -2.07. The lowest BCUT2D eigenvalue weighted by atomic mass is 10.2. The number of rotatable bonds is 4. The predicted molar refractivity (Wildman–Crippen MR) is 72.8 cm³/mol. The molecule has 1 aromatic carbocycles. The summed E-state index contributed by atoms with van der Waals surface area (Å²) in [7, 11) is 1.61. The highest BCUT2D eigenvalue weighted by Crippen LogP contribution is 2.12. The maximum absolute atomic E-state index is 11.9. The molecule has 98 valence electrons. The molecule has 2 aromatic rings. The Morgan fingerprint density at radius 1 is 1.37 bits per heavy atom. The lowest BCUT2D eigenvalue weighted by molar-refractivity contribution is 0.0951. The first-order chi connectivity index (χ1) is 9.19. The van der Waals surface area contributed by atoms with Crippen molar-refractivity contribution in [3.8, 4) is 5.75 Å². The van der Waals surface area contributed by atoms with Gasteiger partial charge in [0.1, 0.15) is 11.6 Å². The van der Waals surface area contributed by atoms with Gasteiger partial charge in [0, 0.05) is 18.3 Å². The molecule has 0 saturated heterocycles. The molecule has 19 heavy (non-hydrogen) atoms. The van der Waals surface area contributed by atoms with Crippen molar-refractivity contribution >= 4 is 11.7 Å². The van der Waals surface area contributed by atoms with Gasteiger partial charge in [0.25, 0.3) is 5.91 Å². The lowest BCUT2D eigenvalue weighted by Crippen LogP contribution is -2.22. The molecule has 3 N–H and O–H groups in total. The normalized spacial score (nSPS) is 9.95. The number of anilines is 1. The van der Waals surface area contributed by atoms with Gasteiger partial charge in [-0.05, 0) is 29.8 Å². The first-order valence-electron chi connectivity index (χ1n) is 5.81. The van der Waals surface area contributed by atoms with Crippen LogP contribution in [-0.2, 0) is 6.54 Å². The van der Waals surface area contributed by atoms with Crippen LogP contribution in [0.25, 0.3) is 0 Å². The number of nitrogens with two attached hydrogens (primary N) is 1. The smallest absolute Gasteiger partial charge is 0.251 e. The van der Waals surface area contributed by atoms with E-state index in [-0.39, 0.29) is 5.91 Å². The van der Waals surface area contributed by atoms with Gasteiger partial charge in [-0.1, -0.05) is 12.1 Å². The third kappa shape index (κ3) is 3.45. The Morgan fingerprint density at radius 3 is 2.95 bits per heavy atom. The minimum absolute atomic E-state index is 0.183. The Bertz CT molecular complexity index is 584. The van der Waals surface area contributed by atoms with Gasteiger partial charge in [-0.25, -0.2) is 4.98 Å². The number of ether oxygens (including phenoxy) is 1. The van der Waals surface area contributed by atoms with E-state index in [1.54, 1.807) is 19.2 Å². The monoisotopic (exact) mass is 257 g/mol. The molecule has 0 aliphatic rings. The molecule has 0 fully saturated rings. The van der Waals surface area contributed by atoms with E-state index in [0.717, 1.165) is 11.3 Å². The Labute approximate surface area is 111 Å². The summed E-state index contributed by atoms with van der Waals surface area (Å²) in [6, 6.07) is 10.7. The van der Waals surface area contributed by atoms with E-state index in [2.05, 4.69) is 10.3 Å². The van der Waals surface area contributed by atoms with Crippen LogP contribution in [0, 0.1) is 0 Å². The average molecular weight is 257 g/mol. The number of carbonyl (C=O) groups excluding carboxylic acids is 1. The molecule has 5 nitrogen and oxygen atoms in total. The van der Waals surface area contributed by atoms with E-state index in [9.17, 15) is 4.79 Å². The summed E-state index contributed by atoms with van der Waals surface area (Å²) in [4.78, 5) is 15.7. The van der Waals surface area contributed by atoms with E-state index >= 15 is 0 Å². The van der Waals surface area contributed by atoms with Crippen molar-refractivity contribution in [3.63, 3.8) is 0 Å². The second-order valence-corrected chi connectivity index (χ2v) is 4.00. The summed E-state index contributed by atoms with van der Waals surface area (Å²) in [5.41, 5.74) is 7.00. The molecule has 5 heteroatoms. The summed E-state index contributed by atoms with van der Waals surface area (Å²) < 4.78 is 5.12. The zero-order valence-electron chi connectivity index (χ0n) is 10.6. The highest BCUT2D eigenvalue weighted by molar-refractivity contribution is 5.94. The van der Waals surface area contributed by atoms with E-state index in [0.29, 0.717) is 17.9 Å². The SMILES string of the molecule is COc1cccc(CNC(=O)c2ccnc(N)c2)c1. The number of hydrogen-bond acceptors (Lipinski definition) is 4. The molecule has 0 saturated carbocycles. The zero-order valence-corrected chi connectivity index (χ0v) is 10.6. The van der Waals surface area contributed by atoms with Gasteiger partial charge in [0.15, 0.2) is 0 Å². The Balaban J connectivity index is 2.00. The van der Waals surface area contributed by atoms with Crippen LogP contribution in [0.4, 0.5) is 5.82 Å². The van der Waals surface area contributed by atoms with Crippen molar-refractivity contribution in [2.75, 3.05) is 12.8 Å². The minimum atomic E-state index is -0.183. The Morgan fingerprint density at radius 2 is 2.21 bits per heavy atom. The molecule has 2 rings (SSSR count). The summed E-state index contributed by atoms with van der Waals surface area (Å²) in [6.45, 7) is 0.429. The van der Waals surface area contributed by atoms with Crippen molar-refractivity contribution in [3.05, 3.63) is 53.7 Å². The van der Waals surface area contributed by atoms with Gasteiger partial charge in [0.2, 0.25) is 0 Å². The van der Waals surface area contributed by atoms with Crippen molar-refractivity contribution in [2.24, 2.45) is 0 Å². The molecule has 1 aromatic heterocycles. The molecule has 0 aliphatic heterocycles. The van der Waals surface area contributed by atoms with Crippen LogP contribution < -0.4 is 15.8 Å². The number of benzene rings is 1. The van der Waals surface area contributed by atoms with Gasteiger partial charge in [0.05, 0.1) is 7.11 Å². The third-order valence-electron chi connectivity index (χ3n) is 2.63. The molecule has 0 unspecified atom stereocenters. The number of aromatic nitrogens is 1. The number of nitrogens with zero attached hydrogens (tertiary/aromatic N) is 1. The molecular weight excluding hydrogens is 242 g/mol. The van der Waals surface area contributed by atoms with Gasteiger partial charge >= 0.3 is 0 Å². The van der Waals surface area contributed by atoms with Crippen LogP contribution in [0.1, 0.15) is 15.9 Å². The summed E-state index contributed by atoms with van der Waals surface area (Å²) in [5, 5.41) is 2.82.